The van der Waals surface area contributed by atoms with Gasteiger partial charge in [-0.25, -0.2) is 8.78 Å². The highest BCUT2D eigenvalue weighted by molar-refractivity contribution is 9.10. The highest BCUT2D eigenvalue weighted by atomic mass is 79.9. The average Bonchev–Trinajstić information content (AvgIpc) is 2.36. The molecule has 19 heavy (non-hydrogen) atoms. The summed E-state index contributed by atoms with van der Waals surface area (Å²) in [6.07, 6.45) is 0. The molecule has 0 radical (unpaired) electrons. The number of nitrogens with two attached hydrogens (primary N) is 1. The maximum absolute atomic E-state index is 13.2. The Morgan fingerprint density at radius 3 is 2.42 bits per heavy atom. The molecule has 0 fully saturated rings. The summed E-state index contributed by atoms with van der Waals surface area (Å²) in [5, 5.41) is 2.56. The molecule has 0 aromatic heterocycles. The summed E-state index contributed by atoms with van der Waals surface area (Å²) >= 11 is 3.09. The van der Waals surface area contributed by atoms with Gasteiger partial charge in [-0.15, -0.1) is 0 Å². The number of carbonyl (C=O) groups excluding carboxylic acids is 1. The summed E-state index contributed by atoms with van der Waals surface area (Å²) in [6.45, 7) is 0. The van der Waals surface area contributed by atoms with Crippen LogP contribution in [0.25, 0.3) is 0 Å². The molecule has 0 saturated heterocycles. The van der Waals surface area contributed by atoms with Crippen molar-refractivity contribution in [3.05, 3.63) is 58.1 Å². The van der Waals surface area contributed by atoms with Gasteiger partial charge in [0.2, 0.25) is 0 Å². The number of benzene rings is 2. The molecule has 0 spiro atoms. The second kappa shape index (κ2) is 5.36. The van der Waals surface area contributed by atoms with Gasteiger partial charge in [0.25, 0.3) is 5.91 Å². The minimum atomic E-state index is -0.606. The molecule has 0 aliphatic rings. The van der Waals surface area contributed by atoms with Gasteiger partial charge in [0.1, 0.15) is 11.6 Å². The molecular weight excluding hydrogens is 318 g/mol. The Morgan fingerprint density at radius 2 is 1.79 bits per heavy atom. The second-order valence-corrected chi connectivity index (χ2v) is 4.67. The molecule has 3 N–H and O–H groups in total. The van der Waals surface area contributed by atoms with Gasteiger partial charge in [-0.2, -0.15) is 0 Å². The van der Waals surface area contributed by atoms with Crippen LogP contribution in [0.4, 0.5) is 20.2 Å². The SMILES string of the molecule is Nc1cc(C(=O)Nc2ccc(F)cc2)c(Br)cc1F. The van der Waals surface area contributed by atoms with Crippen LogP contribution >= 0.6 is 15.9 Å². The summed E-state index contributed by atoms with van der Waals surface area (Å²) < 4.78 is 26.2. The summed E-state index contributed by atoms with van der Waals surface area (Å²) in [6, 6.07) is 7.66. The Morgan fingerprint density at radius 1 is 1.16 bits per heavy atom. The maximum atomic E-state index is 13.2. The fourth-order valence-corrected chi connectivity index (χ4v) is 1.97. The maximum Gasteiger partial charge on any atom is 0.256 e. The van der Waals surface area contributed by atoms with Crippen molar-refractivity contribution in [2.75, 3.05) is 11.1 Å². The van der Waals surface area contributed by atoms with Crippen molar-refractivity contribution in [2.24, 2.45) is 0 Å². The van der Waals surface area contributed by atoms with Crippen LogP contribution < -0.4 is 11.1 Å². The molecule has 0 bridgehead atoms. The first-order chi connectivity index (χ1) is 8.97. The number of rotatable bonds is 2. The summed E-state index contributed by atoms with van der Waals surface area (Å²) in [5.41, 5.74) is 5.93. The van der Waals surface area contributed by atoms with E-state index in [0.29, 0.717) is 10.2 Å². The first kappa shape index (κ1) is 13.5. The van der Waals surface area contributed by atoms with Crippen LogP contribution in [0.3, 0.4) is 0 Å². The van der Waals surface area contributed by atoms with Crippen LogP contribution in [0.1, 0.15) is 10.4 Å². The normalized spacial score (nSPS) is 10.3. The van der Waals surface area contributed by atoms with Crippen LogP contribution in [0.15, 0.2) is 40.9 Å². The van der Waals surface area contributed by atoms with Crippen LogP contribution in [0, 0.1) is 11.6 Å². The first-order valence-corrected chi connectivity index (χ1v) is 6.08. The highest BCUT2D eigenvalue weighted by Crippen LogP contribution is 2.23. The average molecular weight is 327 g/mol. The Balaban J connectivity index is 2.25. The zero-order valence-corrected chi connectivity index (χ0v) is 11.2. The summed E-state index contributed by atoms with van der Waals surface area (Å²) in [4.78, 5) is 12.0. The van der Waals surface area contributed by atoms with E-state index in [2.05, 4.69) is 21.2 Å². The van der Waals surface area contributed by atoms with Crippen molar-refractivity contribution >= 4 is 33.2 Å². The van der Waals surface area contributed by atoms with E-state index in [0.717, 1.165) is 6.07 Å². The molecule has 0 saturated carbocycles. The molecular formula is C13H9BrF2N2O. The van der Waals surface area contributed by atoms with E-state index in [1.165, 1.54) is 30.3 Å². The molecule has 0 atom stereocenters. The quantitative estimate of drug-likeness (QED) is 0.829. The molecule has 2 rings (SSSR count). The lowest BCUT2D eigenvalue weighted by molar-refractivity contribution is 0.102. The van der Waals surface area contributed by atoms with Gasteiger partial charge in [-0.3, -0.25) is 4.79 Å². The van der Waals surface area contributed by atoms with E-state index in [4.69, 9.17) is 5.73 Å². The number of anilines is 2. The Bertz CT molecular complexity index is 629. The smallest absolute Gasteiger partial charge is 0.256 e. The van der Waals surface area contributed by atoms with Gasteiger partial charge in [0.05, 0.1) is 11.3 Å². The van der Waals surface area contributed by atoms with E-state index >= 15 is 0 Å². The largest absolute Gasteiger partial charge is 0.396 e. The van der Waals surface area contributed by atoms with E-state index < -0.39 is 17.5 Å². The van der Waals surface area contributed by atoms with Crippen LogP contribution in [0.2, 0.25) is 0 Å². The highest BCUT2D eigenvalue weighted by Gasteiger charge is 2.13. The first-order valence-electron chi connectivity index (χ1n) is 5.29. The van der Waals surface area contributed by atoms with Gasteiger partial charge in [0.15, 0.2) is 0 Å². The number of nitrogen functional groups attached to an aromatic ring is 1. The molecule has 0 heterocycles. The third-order valence-electron chi connectivity index (χ3n) is 2.43. The third kappa shape index (κ3) is 3.08. The van der Waals surface area contributed by atoms with Crippen molar-refractivity contribution in [1.29, 1.82) is 0 Å². The molecule has 1 amide bonds. The van der Waals surface area contributed by atoms with E-state index in [1.807, 2.05) is 0 Å². The van der Waals surface area contributed by atoms with Crippen molar-refractivity contribution in [1.82, 2.24) is 0 Å². The minimum absolute atomic E-state index is 0.118. The molecule has 0 aliphatic heterocycles. The second-order valence-electron chi connectivity index (χ2n) is 3.81. The van der Waals surface area contributed by atoms with Gasteiger partial charge >= 0.3 is 0 Å². The van der Waals surface area contributed by atoms with E-state index in [9.17, 15) is 13.6 Å². The molecule has 3 nitrogen and oxygen atoms in total. The number of halogens is 3. The number of hydrogen-bond acceptors (Lipinski definition) is 2. The predicted octanol–water partition coefficient (Wildman–Crippen LogP) is 3.56. The van der Waals surface area contributed by atoms with Crippen LogP contribution in [-0.4, -0.2) is 5.91 Å². The lowest BCUT2D eigenvalue weighted by atomic mass is 10.1. The Kier molecular flexibility index (Phi) is 3.80. The van der Waals surface area contributed by atoms with Crippen molar-refractivity contribution < 1.29 is 13.6 Å². The third-order valence-corrected chi connectivity index (χ3v) is 3.09. The predicted molar refractivity (Wildman–Crippen MR) is 72.9 cm³/mol. The molecule has 98 valence electrons. The molecule has 2 aromatic rings. The monoisotopic (exact) mass is 326 g/mol. The van der Waals surface area contributed by atoms with Gasteiger partial charge in [-0.05, 0) is 52.3 Å². The summed E-state index contributed by atoms with van der Waals surface area (Å²) in [7, 11) is 0. The lowest BCUT2D eigenvalue weighted by Gasteiger charge is -2.08. The Hall–Kier alpha value is -1.95. The molecule has 2 aromatic carbocycles. The van der Waals surface area contributed by atoms with Gasteiger partial charge < -0.3 is 11.1 Å². The number of amides is 1. The summed E-state index contributed by atoms with van der Waals surface area (Å²) in [5.74, 6) is -1.47. The topological polar surface area (TPSA) is 55.1 Å². The van der Waals surface area contributed by atoms with Crippen molar-refractivity contribution in [2.45, 2.75) is 0 Å². The number of hydrogen-bond donors (Lipinski definition) is 2. The van der Waals surface area contributed by atoms with Crippen LogP contribution in [0.5, 0.6) is 0 Å². The molecule has 0 aliphatic carbocycles. The van der Waals surface area contributed by atoms with Crippen molar-refractivity contribution in [3.63, 3.8) is 0 Å². The molecule has 0 unspecified atom stereocenters. The van der Waals surface area contributed by atoms with E-state index in [-0.39, 0.29) is 11.3 Å². The fraction of sp³-hybridized carbons (Fsp3) is 0. The van der Waals surface area contributed by atoms with Crippen molar-refractivity contribution in [3.8, 4) is 0 Å². The lowest BCUT2D eigenvalue weighted by Crippen LogP contribution is -2.13. The zero-order valence-electron chi connectivity index (χ0n) is 9.58. The minimum Gasteiger partial charge on any atom is -0.396 e. The number of carbonyl (C=O) groups is 1. The van der Waals surface area contributed by atoms with Gasteiger partial charge in [0, 0.05) is 10.2 Å². The zero-order chi connectivity index (χ0) is 14.0. The number of nitrogens with one attached hydrogen (secondary N) is 1. The Labute approximate surface area is 116 Å². The fourth-order valence-electron chi connectivity index (χ4n) is 1.47. The van der Waals surface area contributed by atoms with Gasteiger partial charge in [-0.1, -0.05) is 0 Å². The van der Waals surface area contributed by atoms with E-state index in [1.54, 1.807) is 0 Å². The standard InChI is InChI=1S/C13H9BrF2N2O/c14-10-6-11(16)12(17)5-9(10)13(19)18-8-3-1-7(15)2-4-8/h1-6H,17H2,(H,18,19). The van der Waals surface area contributed by atoms with Crippen LogP contribution in [-0.2, 0) is 0 Å². The molecule has 6 heteroatoms.